The molecule has 6 nitrogen and oxygen atoms in total. The predicted molar refractivity (Wildman–Crippen MR) is 127 cm³/mol. The maximum atomic E-state index is 13.2. The molecule has 2 aliphatic carbocycles. The number of rotatable bonds is 9. The van der Waals surface area contributed by atoms with E-state index in [-0.39, 0.29) is 29.8 Å². The first kappa shape index (κ1) is 24.5. The molecule has 0 aromatic carbocycles. The Morgan fingerprint density at radius 1 is 1.29 bits per heavy atom. The molecule has 5 atom stereocenters. The summed E-state index contributed by atoms with van der Waals surface area (Å²) in [5, 5.41) is 25.6. The normalized spacial score (nSPS) is 32.3. The van der Waals surface area contributed by atoms with E-state index in [4.69, 9.17) is 4.98 Å². The third kappa shape index (κ3) is 4.38. The molecule has 0 saturated heterocycles. The highest BCUT2D eigenvalue weighted by atomic mass is 32.1. The first-order valence-electron chi connectivity index (χ1n) is 12.0. The maximum absolute atomic E-state index is 13.2. The van der Waals surface area contributed by atoms with Crippen LogP contribution in [0.4, 0.5) is 5.13 Å². The molecule has 1 aromatic heterocycles. The molecule has 1 saturated carbocycles. The molecular weight excluding hydrogens is 410 g/mol. The van der Waals surface area contributed by atoms with Crippen LogP contribution in [-0.4, -0.2) is 58.3 Å². The van der Waals surface area contributed by atoms with Gasteiger partial charge in [-0.3, -0.25) is 4.79 Å². The van der Waals surface area contributed by atoms with Gasteiger partial charge in [-0.2, -0.15) is 0 Å². The third-order valence-electron chi connectivity index (χ3n) is 8.20. The number of thiazole rings is 1. The van der Waals surface area contributed by atoms with Gasteiger partial charge in [-0.25, -0.2) is 4.98 Å². The lowest BCUT2D eigenvalue weighted by Gasteiger charge is -2.58. The smallest absolute Gasteiger partial charge is 0.223 e. The second-order valence-electron chi connectivity index (χ2n) is 9.91. The van der Waals surface area contributed by atoms with Gasteiger partial charge in [0.25, 0.3) is 0 Å². The molecule has 2 aliphatic rings. The van der Waals surface area contributed by atoms with Crippen LogP contribution in [0.5, 0.6) is 0 Å². The molecule has 0 spiro atoms. The van der Waals surface area contributed by atoms with Crippen molar-refractivity contribution < 1.29 is 15.0 Å². The fourth-order valence-corrected chi connectivity index (χ4v) is 7.07. The van der Waals surface area contributed by atoms with Crippen LogP contribution in [0.1, 0.15) is 83.2 Å². The van der Waals surface area contributed by atoms with Gasteiger partial charge in [0, 0.05) is 42.3 Å². The van der Waals surface area contributed by atoms with Gasteiger partial charge in [-0.15, -0.1) is 11.3 Å². The molecule has 1 aromatic rings. The molecule has 0 radical (unpaired) electrons. The largest absolute Gasteiger partial charge is 0.396 e. The van der Waals surface area contributed by atoms with Gasteiger partial charge < -0.3 is 20.4 Å². The minimum atomic E-state index is -0.568. The van der Waals surface area contributed by atoms with Crippen molar-refractivity contribution in [1.29, 1.82) is 0 Å². The molecule has 31 heavy (non-hydrogen) atoms. The highest BCUT2D eigenvalue weighted by Gasteiger charge is 2.59. The zero-order chi connectivity index (χ0) is 22.8. The Kier molecular flexibility index (Phi) is 7.70. The minimum absolute atomic E-state index is 0.00528. The Bertz CT molecular complexity index is 765. The van der Waals surface area contributed by atoms with E-state index in [1.165, 1.54) is 4.88 Å². The van der Waals surface area contributed by atoms with E-state index < -0.39 is 11.5 Å². The summed E-state index contributed by atoms with van der Waals surface area (Å²) in [4.78, 5) is 21.3. The summed E-state index contributed by atoms with van der Waals surface area (Å²) in [7, 11) is 0. The van der Waals surface area contributed by atoms with E-state index in [2.05, 4.69) is 19.2 Å². The van der Waals surface area contributed by atoms with Crippen LogP contribution in [0.15, 0.2) is 0 Å². The number of hydrogen-bond donors (Lipinski definition) is 3. The summed E-state index contributed by atoms with van der Waals surface area (Å²) in [6.45, 7) is 12.8. The van der Waals surface area contributed by atoms with Crippen molar-refractivity contribution in [2.24, 2.45) is 16.7 Å². The highest BCUT2D eigenvalue weighted by molar-refractivity contribution is 7.15. The lowest BCUT2D eigenvalue weighted by Crippen LogP contribution is -2.57. The van der Waals surface area contributed by atoms with Crippen LogP contribution >= 0.6 is 11.3 Å². The standard InChI is InChI=1S/C24H41N3O3S/c1-6-9-12-25-22-26-21-16(13-20(30)27(7-2)8-3)23(4)11-10-19(29)24(5,15-28)18(23)14-17(21)31-22/h16,18-19,28-29H,6-15H2,1-5H3,(H,25,26). The van der Waals surface area contributed by atoms with Gasteiger partial charge in [-0.05, 0) is 50.9 Å². The van der Waals surface area contributed by atoms with E-state index in [1.807, 2.05) is 25.7 Å². The number of carbonyl (C=O) groups is 1. The quantitative estimate of drug-likeness (QED) is 0.494. The molecule has 1 amide bonds. The fraction of sp³-hybridized carbons (Fsp3) is 0.833. The molecule has 3 rings (SSSR count). The molecule has 1 fully saturated rings. The van der Waals surface area contributed by atoms with E-state index in [0.29, 0.717) is 25.9 Å². The Hall–Kier alpha value is -1.18. The van der Waals surface area contributed by atoms with Gasteiger partial charge in [0.15, 0.2) is 5.13 Å². The first-order valence-corrected chi connectivity index (χ1v) is 12.9. The summed E-state index contributed by atoms with van der Waals surface area (Å²) in [5.74, 6) is 0.290. The van der Waals surface area contributed by atoms with Crippen molar-refractivity contribution in [3.05, 3.63) is 10.6 Å². The van der Waals surface area contributed by atoms with Gasteiger partial charge in [0.05, 0.1) is 18.4 Å². The Morgan fingerprint density at radius 3 is 2.61 bits per heavy atom. The Labute approximate surface area is 191 Å². The van der Waals surface area contributed by atoms with Gasteiger partial charge in [0.2, 0.25) is 5.91 Å². The zero-order valence-electron chi connectivity index (χ0n) is 19.9. The summed E-state index contributed by atoms with van der Waals surface area (Å²) in [6, 6.07) is 0. The van der Waals surface area contributed by atoms with Crippen LogP contribution in [0, 0.1) is 16.7 Å². The molecule has 176 valence electrons. The van der Waals surface area contributed by atoms with Crippen LogP contribution in [0.25, 0.3) is 0 Å². The molecule has 7 heteroatoms. The van der Waals surface area contributed by atoms with Crippen molar-refractivity contribution in [2.75, 3.05) is 31.6 Å². The number of hydrogen-bond acceptors (Lipinski definition) is 6. The van der Waals surface area contributed by atoms with Crippen molar-refractivity contribution in [2.45, 2.75) is 85.2 Å². The lowest BCUT2D eigenvalue weighted by molar-refractivity contribution is -0.147. The number of unbranched alkanes of at least 4 members (excludes halogenated alkanes) is 1. The second-order valence-corrected chi connectivity index (χ2v) is 11.0. The fourth-order valence-electron chi connectivity index (χ4n) is 5.97. The summed E-state index contributed by atoms with van der Waals surface area (Å²) >= 11 is 1.69. The second kappa shape index (κ2) is 9.75. The monoisotopic (exact) mass is 451 g/mol. The first-order chi connectivity index (χ1) is 14.7. The number of aliphatic hydroxyl groups excluding tert-OH is 2. The molecule has 0 aliphatic heterocycles. The molecule has 5 unspecified atom stereocenters. The van der Waals surface area contributed by atoms with Crippen LogP contribution in [-0.2, 0) is 11.2 Å². The Morgan fingerprint density at radius 2 is 2.00 bits per heavy atom. The predicted octanol–water partition coefficient (Wildman–Crippen LogP) is 4.03. The zero-order valence-corrected chi connectivity index (χ0v) is 20.7. The van der Waals surface area contributed by atoms with Gasteiger partial charge in [-0.1, -0.05) is 27.2 Å². The topological polar surface area (TPSA) is 85.7 Å². The maximum Gasteiger partial charge on any atom is 0.223 e. The van der Waals surface area contributed by atoms with Gasteiger partial charge >= 0.3 is 0 Å². The van der Waals surface area contributed by atoms with E-state index in [0.717, 1.165) is 43.1 Å². The molecular formula is C24H41N3O3S. The average molecular weight is 452 g/mol. The number of nitrogens with zero attached hydrogens (tertiary/aromatic N) is 2. The van der Waals surface area contributed by atoms with Crippen molar-refractivity contribution in [3.8, 4) is 0 Å². The summed E-state index contributed by atoms with van der Waals surface area (Å²) in [6.07, 6.45) is 4.46. The third-order valence-corrected chi connectivity index (χ3v) is 9.25. The lowest BCUT2D eigenvalue weighted by atomic mass is 9.47. The number of amides is 1. The summed E-state index contributed by atoms with van der Waals surface area (Å²) < 4.78 is 0. The number of anilines is 1. The average Bonchev–Trinajstić information content (AvgIpc) is 3.16. The van der Waals surface area contributed by atoms with E-state index in [9.17, 15) is 15.0 Å². The number of aromatic nitrogens is 1. The SMILES string of the molecule is CCCCNc1nc2c(s1)CC1C(C)(CO)C(O)CCC1(C)C2CC(=O)N(CC)CC. The Balaban J connectivity index is 2.02. The molecule has 1 heterocycles. The highest BCUT2D eigenvalue weighted by Crippen LogP contribution is 2.62. The van der Waals surface area contributed by atoms with Crippen molar-refractivity contribution in [1.82, 2.24) is 9.88 Å². The number of aliphatic hydroxyl groups is 2. The van der Waals surface area contributed by atoms with Gasteiger partial charge in [0.1, 0.15) is 0 Å². The van der Waals surface area contributed by atoms with E-state index >= 15 is 0 Å². The van der Waals surface area contributed by atoms with Crippen LogP contribution < -0.4 is 5.32 Å². The number of fused-ring (bicyclic) bond motifs is 2. The van der Waals surface area contributed by atoms with Crippen molar-refractivity contribution in [3.63, 3.8) is 0 Å². The van der Waals surface area contributed by atoms with Crippen LogP contribution in [0.2, 0.25) is 0 Å². The number of carbonyl (C=O) groups excluding carboxylic acids is 1. The van der Waals surface area contributed by atoms with Crippen LogP contribution in [0.3, 0.4) is 0 Å². The molecule has 3 N–H and O–H groups in total. The molecule has 0 bridgehead atoms. The van der Waals surface area contributed by atoms with Crippen molar-refractivity contribution >= 4 is 22.4 Å². The number of nitrogens with one attached hydrogen (secondary N) is 1. The minimum Gasteiger partial charge on any atom is -0.396 e. The summed E-state index contributed by atoms with van der Waals surface area (Å²) in [5.41, 5.74) is 0.322. The van der Waals surface area contributed by atoms with E-state index in [1.54, 1.807) is 11.3 Å².